The molecule has 0 bridgehead atoms. The van der Waals surface area contributed by atoms with E-state index in [4.69, 9.17) is 16.0 Å². The standard InChI is InChI=1S/C23H17ClFN3O3/c1-13-21-17(14(12-29)11-26-13)10-18(23(31-21)28-15-5-3-2-4-6-15)22(30)27-16-7-8-20(25)19(24)9-16/h2-11,29H,12H2,1H3,(H,27,30). The van der Waals surface area contributed by atoms with Crippen LogP contribution in [0.4, 0.5) is 15.8 Å². The molecule has 1 amide bonds. The van der Waals surface area contributed by atoms with Crippen LogP contribution in [0.25, 0.3) is 11.0 Å². The van der Waals surface area contributed by atoms with Gasteiger partial charge in [0.1, 0.15) is 11.4 Å². The number of aryl methyl sites for hydroxylation is 1. The number of pyridine rings is 1. The van der Waals surface area contributed by atoms with Crippen molar-refractivity contribution in [3.63, 3.8) is 0 Å². The monoisotopic (exact) mass is 437 g/mol. The zero-order chi connectivity index (χ0) is 22.0. The summed E-state index contributed by atoms with van der Waals surface area (Å²) < 4.78 is 19.4. The third kappa shape index (κ3) is 4.33. The topological polar surface area (TPSA) is 87.7 Å². The van der Waals surface area contributed by atoms with Gasteiger partial charge in [0.05, 0.1) is 23.0 Å². The quantitative estimate of drug-likeness (QED) is 0.475. The number of rotatable bonds is 4. The Kier molecular flexibility index (Phi) is 5.79. The Bertz CT molecular complexity index is 1350. The Morgan fingerprint density at radius 3 is 2.71 bits per heavy atom. The van der Waals surface area contributed by atoms with E-state index in [2.05, 4.69) is 15.3 Å². The van der Waals surface area contributed by atoms with Gasteiger partial charge in [0.15, 0.2) is 5.58 Å². The largest absolute Gasteiger partial charge is 0.436 e. The summed E-state index contributed by atoms with van der Waals surface area (Å²) in [5.41, 5.74) is 2.64. The van der Waals surface area contributed by atoms with Crippen LogP contribution in [0.15, 0.2) is 70.2 Å². The number of amides is 1. The van der Waals surface area contributed by atoms with Crippen LogP contribution < -0.4 is 10.9 Å². The maximum atomic E-state index is 13.5. The highest BCUT2D eigenvalue weighted by molar-refractivity contribution is 6.31. The first-order chi connectivity index (χ1) is 15.0. The van der Waals surface area contributed by atoms with E-state index in [1.165, 1.54) is 18.3 Å². The van der Waals surface area contributed by atoms with Crippen LogP contribution in [0, 0.1) is 12.7 Å². The van der Waals surface area contributed by atoms with Crippen LogP contribution in [0.2, 0.25) is 5.02 Å². The van der Waals surface area contributed by atoms with Crippen molar-refractivity contribution in [2.24, 2.45) is 4.99 Å². The number of anilines is 1. The van der Waals surface area contributed by atoms with Crippen LogP contribution in [-0.4, -0.2) is 16.0 Å². The molecule has 2 N–H and O–H groups in total. The molecule has 2 aromatic carbocycles. The molecule has 0 aliphatic carbocycles. The van der Waals surface area contributed by atoms with Crippen LogP contribution in [0.3, 0.4) is 0 Å². The molecule has 0 fully saturated rings. The van der Waals surface area contributed by atoms with E-state index >= 15 is 0 Å². The van der Waals surface area contributed by atoms with Gasteiger partial charge in [0.2, 0.25) is 5.55 Å². The number of fused-ring (bicyclic) bond motifs is 1. The van der Waals surface area contributed by atoms with Crippen molar-refractivity contribution < 1.29 is 18.7 Å². The number of aliphatic hydroxyl groups excluding tert-OH is 1. The van der Waals surface area contributed by atoms with E-state index in [1.807, 2.05) is 18.2 Å². The fraction of sp³-hybridized carbons (Fsp3) is 0.0870. The molecule has 0 saturated heterocycles. The molecule has 8 heteroatoms. The van der Waals surface area contributed by atoms with Gasteiger partial charge in [-0.3, -0.25) is 9.78 Å². The number of nitrogens with one attached hydrogen (secondary N) is 1. The molecule has 2 heterocycles. The summed E-state index contributed by atoms with van der Waals surface area (Å²) in [5.74, 6) is -1.11. The minimum Gasteiger partial charge on any atom is -0.436 e. The molecule has 2 aromatic heterocycles. The van der Waals surface area contributed by atoms with Gasteiger partial charge in [0, 0.05) is 22.8 Å². The number of para-hydroxylation sites is 1. The van der Waals surface area contributed by atoms with Gasteiger partial charge in [-0.05, 0) is 43.3 Å². The Balaban J connectivity index is 1.90. The lowest BCUT2D eigenvalue weighted by molar-refractivity contribution is 0.102. The molecule has 0 aliphatic heterocycles. The summed E-state index contributed by atoms with van der Waals surface area (Å²) in [7, 11) is 0. The number of hydrogen-bond acceptors (Lipinski definition) is 5. The van der Waals surface area contributed by atoms with Gasteiger partial charge in [-0.25, -0.2) is 9.38 Å². The molecular formula is C23H17ClFN3O3. The molecule has 6 nitrogen and oxygen atoms in total. The van der Waals surface area contributed by atoms with E-state index in [0.29, 0.717) is 33.6 Å². The lowest BCUT2D eigenvalue weighted by atomic mass is 10.1. The summed E-state index contributed by atoms with van der Waals surface area (Å²) in [6.45, 7) is 1.49. The van der Waals surface area contributed by atoms with Crippen molar-refractivity contribution in [3.05, 3.63) is 94.0 Å². The first kappa shape index (κ1) is 20.7. The minimum absolute atomic E-state index is 0.0735. The van der Waals surface area contributed by atoms with Gasteiger partial charge in [-0.1, -0.05) is 29.8 Å². The number of hydrogen-bond donors (Lipinski definition) is 2. The number of aliphatic hydroxyl groups is 1. The molecule has 0 atom stereocenters. The second kappa shape index (κ2) is 8.67. The fourth-order valence-corrected chi connectivity index (χ4v) is 3.23. The van der Waals surface area contributed by atoms with Crippen molar-refractivity contribution in [2.75, 3.05) is 5.32 Å². The second-order valence-electron chi connectivity index (χ2n) is 6.77. The molecule has 0 spiro atoms. The van der Waals surface area contributed by atoms with E-state index in [9.17, 15) is 14.3 Å². The fourth-order valence-electron chi connectivity index (χ4n) is 3.05. The third-order valence-corrected chi connectivity index (χ3v) is 4.92. The molecule has 0 saturated carbocycles. The van der Waals surface area contributed by atoms with Crippen molar-refractivity contribution in [1.29, 1.82) is 0 Å². The Morgan fingerprint density at radius 1 is 1.23 bits per heavy atom. The van der Waals surface area contributed by atoms with Crippen molar-refractivity contribution in [2.45, 2.75) is 13.5 Å². The van der Waals surface area contributed by atoms with Crippen molar-refractivity contribution >= 4 is 39.9 Å². The molecule has 4 aromatic rings. The molecule has 0 radical (unpaired) electrons. The van der Waals surface area contributed by atoms with Gasteiger partial charge in [0.25, 0.3) is 5.91 Å². The predicted molar refractivity (Wildman–Crippen MR) is 116 cm³/mol. The Morgan fingerprint density at radius 2 is 2.00 bits per heavy atom. The summed E-state index contributed by atoms with van der Waals surface area (Å²) in [4.78, 5) is 21.8. The first-order valence-corrected chi connectivity index (χ1v) is 9.73. The third-order valence-electron chi connectivity index (χ3n) is 4.63. The van der Waals surface area contributed by atoms with E-state index in [1.54, 1.807) is 25.1 Å². The predicted octanol–water partition coefficient (Wildman–Crippen LogP) is 4.91. The lowest BCUT2D eigenvalue weighted by Crippen LogP contribution is -2.22. The zero-order valence-corrected chi connectivity index (χ0v) is 17.2. The minimum atomic E-state index is -0.587. The molecule has 156 valence electrons. The number of aromatic nitrogens is 1. The van der Waals surface area contributed by atoms with Crippen molar-refractivity contribution in [1.82, 2.24) is 4.98 Å². The molecule has 31 heavy (non-hydrogen) atoms. The van der Waals surface area contributed by atoms with Crippen LogP contribution in [0.5, 0.6) is 0 Å². The normalized spacial score (nSPS) is 11.7. The van der Waals surface area contributed by atoms with Gasteiger partial charge in [-0.2, -0.15) is 0 Å². The van der Waals surface area contributed by atoms with E-state index in [0.717, 1.165) is 6.07 Å². The number of halogens is 2. The molecular weight excluding hydrogens is 421 g/mol. The Hall–Kier alpha value is -3.55. The highest BCUT2D eigenvalue weighted by Gasteiger charge is 2.17. The number of carbonyl (C=O) groups excluding carboxylic acids is 1. The van der Waals surface area contributed by atoms with E-state index in [-0.39, 0.29) is 22.7 Å². The molecule has 0 aliphatic rings. The number of nitrogens with zero attached hydrogens (tertiary/aromatic N) is 2. The maximum Gasteiger partial charge on any atom is 0.261 e. The first-order valence-electron chi connectivity index (χ1n) is 9.35. The van der Waals surface area contributed by atoms with E-state index < -0.39 is 11.7 Å². The van der Waals surface area contributed by atoms with Gasteiger partial charge >= 0.3 is 0 Å². The summed E-state index contributed by atoms with van der Waals surface area (Å²) in [6.07, 6.45) is 1.53. The average Bonchev–Trinajstić information content (AvgIpc) is 2.77. The van der Waals surface area contributed by atoms with Crippen molar-refractivity contribution in [3.8, 4) is 0 Å². The van der Waals surface area contributed by atoms with Gasteiger partial charge in [-0.15, -0.1) is 0 Å². The second-order valence-corrected chi connectivity index (χ2v) is 7.17. The molecule has 0 unspecified atom stereocenters. The average molecular weight is 438 g/mol. The van der Waals surface area contributed by atoms with Crippen LogP contribution in [0.1, 0.15) is 21.6 Å². The number of carbonyl (C=O) groups is 1. The van der Waals surface area contributed by atoms with Crippen LogP contribution in [-0.2, 0) is 6.61 Å². The zero-order valence-electron chi connectivity index (χ0n) is 16.4. The summed E-state index contributed by atoms with van der Waals surface area (Å²) in [5, 5.41) is 12.8. The lowest BCUT2D eigenvalue weighted by Gasteiger charge is -2.10. The van der Waals surface area contributed by atoms with Gasteiger partial charge < -0.3 is 14.8 Å². The maximum absolute atomic E-state index is 13.5. The SMILES string of the molecule is Cc1ncc(CO)c2cc(C(=O)Nc3ccc(F)c(Cl)c3)c(=Nc3ccccc3)oc12. The highest BCUT2D eigenvalue weighted by atomic mass is 35.5. The smallest absolute Gasteiger partial charge is 0.261 e. The number of benzene rings is 2. The Labute approximate surface area is 181 Å². The van der Waals surface area contributed by atoms with Crippen LogP contribution >= 0.6 is 11.6 Å². The summed E-state index contributed by atoms with van der Waals surface area (Å²) >= 11 is 5.82. The highest BCUT2D eigenvalue weighted by Crippen LogP contribution is 2.23. The molecule has 4 rings (SSSR count). The summed E-state index contributed by atoms with van der Waals surface area (Å²) in [6, 6.07) is 14.5.